The van der Waals surface area contributed by atoms with Gasteiger partial charge in [-0.1, -0.05) is 23.7 Å². The minimum Gasteiger partial charge on any atom is -0.508 e. The lowest BCUT2D eigenvalue weighted by Crippen LogP contribution is -2.05. The zero-order chi connectivity index (χ0) is 13.8. The number of phenols is 1. The molecule has 98 valence electrons. The van der Waals surface area contributed by atoms with Crippen molar-refractivity contribution in [1.82, 2.24) is 0 Å². The molecule has 0 spiro atoms. The summed E-state index contributed by atoms with van der Waals surface area (Å²) in [7, 11) is 0. The molecule has 0 unspecified atom stereocenters. The smallest absolute Gasteiger partial charge is 0.336 e. The number of ether oxygens (including phenoxy) is 1. The zero-order valence-electron chi connectivity index (χ0n) is 9.84. The molecule has 0 bridgehead atoms. The molecule has 0 aromatic heterocycles. The summed E-state index contributed by atoms with van der Waals surface area (Å²) in [4.78, 5) is 11.1. The Morgan fingerprint density at radius 2 is 2.00 bits per heavy atom. The number of aromatic carboxylic acids is 1. The van der Waals surface area contributed by atoms with E-state index in [9.17, 15) is 9.90 Å². The van der Waals surface area contributed by atoms with E-state index in [1.807, 2.05) is 0 Å². The Bertz CT molecular complexity index is 610. The Morgan fingerprint density at radius 1 is 1.21 bits per heavy atom. The molecule has 0 heterocycles. The Hall–Kier alpha value is -2.20. The van der Waals surface area contributed by atoms with Gasteiger partial charge in [-0.25, -0.2) is 4.79 Å². The van der Waals surface area contributed by atoms with Gasteiger partial charge in [0.25, 0.3) is 0 Å². The topological polar surface area (TPSA) is 66.8 Å². The van der Waals surface area contributed by atoms with E-state index >= 15 is 0 Å². The van der Waals surface area contributed by atoms with Crippen molar-refractivity contribution in [3.05, 3.63) is 58.6 Å². The van der Waals surface area contributed by atoms with Crippen LogP contribution in [0.25, 0.3) is 0 Å². The standard InChI is InChI=1S/C14H11ClO4/c15-10-2-1-3-12(6-10)19-8-9-4-5-11(16)7-13(9)14(17)18/h1-7,16H,8H2,(H,17,18). The number of aromatic hydroxyl groups is 1. The second-order valence-corrected chi connectivity index (χ2v) is 4.33. The van der Waals surface area contributed by atoms with Gasteiger partial charge in [-0.15, -0.1) is 0 Å². The minimum atomic E-state index is -1.11. The van der Waals surface area contributed by atoms with E-state index in [0.717, 1.165) is 0 Å². The third kappa shape index (κ3) is 3.39. The maximum Gasteiger partial charge on any atom is 0.336 e. The fraction of sp³-hybridized carbons (Fsp3) is 0.0714. The van der Waals surface area contributed by atoms with Crippen LogP contribution >= 0.6 is 11.6 Å². The highest BCUT2D eigenvalue weighted by Crippen LogP contribution is 2.21. The molecule has 2 aromatic rings. The van der Waals surface area contributed by atoms with Crippen LogP contribution in [-0.2, 0) is 6.61 Å². The number of carboxylic acids is 1. The Balaban J connectivity index is 2.17. The van der Waals surface area contributed by atoms with Gasteiger partial charge in [-0.3, -0.25) is 0 Å². The number of benzene rings is 2. The van der Waals surface area contributed by atoms with E-state index in [2.05, 4.69) is 0 Å². The number of rotatable bonds is 4. The minimum absolute atomic E-state index is 0.0158. The van der Waals surface area contributed by atoms with Crippen molar-refractivity contribution in [1.29, 1.82) is 0 Å². The summed E-state index contributed by atoms with van der Waals surface area (Å²) >= 11 is 5.82. The molecule has 0 aliphatic heterocycles. The van der Waals surface area contributed by atoms with Gasteiger partial charge >= 0.3 is 5.97 Å². The summed E-state index contributed by atoms with van der Waals surface area (Å²) < 4.78 is 5.47. The largest absolute Gasteiger partial charge is 0.508 e. The first-order chi connectivity index (χ1) is 9.06. The molecule has 4 nitrogen and oxygen atoms in total. The summed E-state index contributed by atoms with van der Waals surface area (Å²) in [5.41, 5.74) is 0.493. The van der Waals surface area contributed by atoms with Gasteiger partial charge in [0, 0.05) is 10.6 Å². The normalized spacial score (nSPS) is 10.2. The van der Waals surface area contributed by atoms with Crippen molar-refractivity contribution in [3.63, 3.8) is 0 Å². The van der Waals surface area contributed by atoms with Crippen molar-refractivity contribution < 1.29 is 19.7 Å². The van der Waals surface area contributed by atoms with Gasteiger partial charge in [0.15, 0.2) is 0 Å². The molecule has 2 rings (SSSR count). The van der Waals surface area contributed by atoms with Crippen LogP contribution < -0.4 is 4.74 Å². The second-order valence-electron chi connectivity index (χ2n) is 3.89. The van der Waals surface area contributed by atoms with Crippen molar-refractivity contribution >= 4 is 17.6 Å². The van der Waals surface area contributed by atoms with E-state index in [1.165, 1.54) is 18.2 Å². The third-order valence-electron chi connectivity index (χ3n) is 2.51. The molecule has 0 radical (unpaired) electrons. The third-order valence-corrected chi connectivity index (χ3v) is 2.75. The van der Waals surface area contributed by atoms with Crippen LogP contribution in [0, 0.1) is 0 Å². The number of carboxylic acid groups (broad SMARTS) is 1. The first-order valence-corrected chi connectivity index (χ1v) is 5.87. The molecular weight excluding hydrogens is 268 g/mol. The fourth-order valence-electron chi connectivity index (χ4n) is 1.61. The van der Waals surface area contributed by atoms with Crippen LogP contribution in [0.15, 0.2) is 42.5 Å². The first-order valence-electron chi connectivity index (χ1n) is 5.50. The molecule has 0 saturated heterocycles. The van der Waals surface area contributed by atoms with Crippen molar-refractivity contribution in [2.75, 3.05) is 0 Å². The summed E-state index contributed by atoms with van der Waals surface area (Å²) in [6.07, 6.45) is 0. The molecule has 0 saturated carbocycles. The monoisotopic (exact) mass is 278 g/mol. The van der Waals surface area contributed by atoms with Crippen LogP contribution in [-0.4, -0.2) is 16.2 Å². The molecule has 0 aliphatic carbocycles. The van der Waals surface area contributed by atoms with Gasteiger partial charge in [0.2, 0.25) is 0 Å². The van der Waals surface area contributed by atoms with E-state index < -0.39 is 5.97 Å². The van der Waals surface area contributed by atoms with Gasteiger partial charge in [-0.2, -0.15) is 0 Å². The number of carbonyl (C=O) groups is 1. The number of phenolic OH excluding ortho intramolecular Hbond substituents is 1. The lowest BCUT2D eigenvalue weighted by atomic mass is 10.1. The van der Waals surface area contributed by atoms with Crippen LogP contribution in [0.5, 0.6) is 11.5 Å². The molecule has 0 atom stereocenters. The SMILES string of the molecule is O=C(O)c1cc(O)ccc1COc1cccc(Cl)c1. The van der Waals surface area contributed by atoms with Gasteiger partial charge in [-0.05, 0) is 30.3 Å². The summed E-state index contributed by atoms with van der Waals surface area (Å²) in [5, 5.41) is 18.9. The quantitative estimate of drug-likeness (QED) is 0.900. The van der Waals surface area contributed by atoms with E-state index in [1.54, 1.807) is 24.3 Å². The molecule has 2 aromatic carbocycles. The number of halogens is 1. The van der Waals surface area contributed by atoms with Crippen molar-refractivity contribution in [2.24, 2.45) is 0 Å². The lowest BCUT2D eigenvalue weighted by molar-refractivity contribution is 0.0693. The number of hydrogen-bond acceptors (Lipinski definition) is 3. The average Bonchev–Trinajstić information content (AvgIpc) is 2.37. The first kappa shape index (κ1) is 13.2. The Kier molecular flexibility index (Phi) is 3.92. The zero-order valence-corrected chi connectivity index (χ0v) is 10.6. The van der Waals surface area contributed by atoms with Gasteiger partial charge in [0.1, 0.15) is 18.1 Å². The van der Waals surface area contributed by atoms with Crippen LogP contribution in [0.4, 0.5) is 0 Å². The van der Waals surface area contributed by atoms with E-state index in [0.29, 0.717) is 16.3 Å². The lowest BCUT2D eigenvalue weighted by Gasteiger charge is -2.09. The maximum absolute atomic E-state index is 11.1. The Morgan fingerprint density at radius 3 is 2.68 bits per heavy atom. The highest BCUT2D eigenvalue weighted by Gasteiger charge is 2.11. The molecule has 2 N–H and O–H groups in total. The van der Waals surface area contributed by atoms with Gasteiger partial charge < -0.3 is 14.9 Å². The van der Waals surface area contributed by atoms with E-state index in [4.69, 9.17) is 21.4 Å². The highest BCUT2D eigenvalue weighted by molar-refractivity contribution is 6.30. The molecule has 5 heteroatoms. The summed E-state index contributed by atoms with van der Waals surface area (Å²) in [6.45, 7) is 0.0856. The molecule has 19 heavy (non-hydrogen) atoms. The van der Waals surface area contributed by atoms with Crippen molar-refractivity contribution in [3.8, 4) is 11.5 Å². The van der Waals surface area contributed by atoms with E-state index in [-0.39, 0.29) is 17.9 Å². The van der Waals surface area contributed by atoms with Crippen LogP contribution in [0.2, 0.25) is 5.02 Å². The molecule has 0 amide bonds. The predicted octanol–water partition coefficient (Wildman–Crippen LogP) is 3.32. The van der Waals surface area contributed by atoms with Crippen LogP contribution in [0.3, 0.4) is 0 Å². The van der Waals surface area contributed by atoms with Crippen LogP contribution in [0.1, 0.15) is 15.9 Å². The maximum atomic E-state index is 11.1. The highest BCUT2D eigenvalue weighted by atomic mass is 35.5. The fourth-order valence-corrected chi connectivity index (χ4v) is 1.79. The number of hydrogen-bond donors (Lipinski definition) is 2. The average molecular weight is 279 g/mol. The Labute approximate surface area is 114 Å². The van der Waals surface area contributed by atoms with Crippen molar-refractivity contribution in [2.45, 2.75) is 6.61 Å². The molecule has 0 aliphatic rings. The molecular formula is C14H11ClO4. The predicted molar refractivity (Wildman–Crippen MR) is 70.9 cm³/mol. The molecule has 0 fully saturated rings. The summed E-state index contributed by atoms with van der Waals surface area (Å²) in [5.74, 6) is -0.651. The summed E-state index contributed by atoms with van der Waals surface area (Å²) in [6, 6.07) is 11.0. The van der Waals surface area contributed by atoms with Gasteiger partial charge in [0.05, 0.1) is 5.56 Å². The second kappa shape index (κ2) is 5.63.